The van der Waals surface area contributed by atoms with Gasteiger partial charge in [0.2, 0.25) is 11.8 Å². The summed E-state index contributed by atoms with van der Waals surface area (Å²) in [4.78, 5) is 31.8. The van der Waals surface area contributed by atoms with E-state index in [1.807, 2.05) is 48.7 Å². The van der Waals surface area contributed by atoms with E-state index in [1.165, 1.54) is 10.8 Å². The summed E-state index contributed by atoms with van der Waals surface area (Å²) in [6, 6.07) is 24.0. The average Bonchev–Trinajstić information content (AvgIpc) is 3.33. The van der Waals surface area contributed by atoms with E-state index < -0.39 is 0 Å². The van der Waals surface area contributed by atoms with Crippen molar-refractivity contribution in [3.05, 3.63) is 90.4 Å². The number of nitrogens with one attached hydrogen (secondary N) is 2. The molecule has 4 N–H and O–H groups in total. The smallest absolute Gasteiger partial charge is 0.225 e. The SMILES string of the molecule is NC(=O)CCCCC[C@H](NC(=O)Cc1ccccc1)c1ncc(-c2ccc3ccccc3c2)[nH]1. The van der Waals surface area contributed by atoms with Crippen molar-refractivity contribution in [3.63, 3.8) is 0 Å². The Hall–Kier alpha value is -3.93. The highest BCUT2D eigenvalue weighted by atomic mass is 16.2. The molecule has 6 heteroatoms. The number of aromatic amines is 1. The lowest BCUT2D eigenvalue weighted by Gasteiger charge is -2.17. The Bertz CT molecular complexity index is 1250. The number of hydrogen-bond donors (Lipinski definition) is 3. The molecule has 1 atom stereocenters. The summed E-state index contributed by atoms with van der Waals surface area (Å²) >= 11 is 0. The van der Waals surface area contributed by atoms with E-state index in [4.69, 9.17) is 5.73 Å². The second-order valence-corrected chi connectivity index (χ2v) is 8.59. The van der Waals surface area contributed by atoms with Crippen LogP contribution in [0.1, 0.15) is 49.5 Å². The van der Waals surface area contributed by atoms with Gasteiger partial charge in [-0.1, -0.05) is 79.6 Å². The molecule has 0 fully saturated rings. The van der Waals surface area contributed by atoms with Gasteiger partial charge in [0.05, 0.1) is 24.4 Å². The minimum Gasteiger partial charge on any atom is -0.370 e. The van der Waals surface area contributed by atoms with Crippen LogP contribution in [0, 0.1) is 0 Å². The maximum Gasteiger partial charge on any atom is 0.225 e. The number of primary amides is 1. The number of H-pyrrole nitrogens is 1. The van der Waals surface area contributed by atoms with E-state index in [-0.39, 0.29) is 17.9 Å². The van der Waals surface area contributed by atoms with Gasteiger partial charge in [0.1, 0.15) is 5.82 Å². The molecule has 0 aliphatic rings. The number of nitrogens with two attached hydrogens (primary N) is 1. The highest BCUT2D eigenvalue weighted by Crippen LogP contribution is 2.26. The number of nitrogens with zero attached hydrogens (tertiary/aromatic N) is 1. The zero-order valence-corrected chi connectivity index (χ0v) is 19.2. The van der Waals surface area contributed by atoms with Crippen LogP contribution >= 0.6 is 0 Å². The van der Waals surface area contributed by atoms with Crippen LogP contribution < -0.4 is 11.1 Å². The minimum atomic E-state index is -0.279. The number of carbonyl (C=O) groups is 2. The van der Waals surface area contributed by atoms with Crippen LogP contribution in [0.3, 0.4) is 0 Å². The Balaban J connectivity index is 1.48. The fourth-order valence-electron chi connectivity index (χ4n) is 4.15. The van der Waals surface area contributed by atoms with Crippen molar-refractivity contribution >= 4 is 22.6 Å². The lowest BCUT2D eigenvalue weighted by molar-refractivity contribution is -0.121. The fourth-order valence-corrected chi connectivity index (χ4v) is 4.15. The summed E-state index contributed by atoms with van der Waals surface area (Å²) < 4.78 is 0. The van der Waals surface area contributed by atoms with Gasteiger partial charge in [-0.2, -0.15) is 0 Å². The lowest BCUT2D eigenvalue weighted by Crippen LogP contribution is -2.30. The molecule has 3 aromatic carbocycles. The maximum absolute atomic E-state index is 12.8. The standard InChI is InChI=1S/C28H30N4O2/c29-26(33)14-6-2-5-13-24(31-27(34)17-20-9-3-1-4-10-20)28-30-19-25(32-28)23-16-15-21-11-7-8-12-22(21)18-23/h1,3-4,7-12,15-16,18-19,24H,2,5-6,13-14,17H2,(H2,29,33)(H,30,32)(H,31,34)/t24-/m0/s1. The average molecular weight is 455 g/mol. The van der Waals surface area contributed by atoms with Crippen LogP contribution in [-0.2, 0) is 16.0 Å². The largest absolute Gasteiger partial charge is 0.370 e. The van der Waals surface area contributed by atoms with Crippen molar-refractivity contribution in [2.24, 2.45) is 5.73 Å². The first-order valence-corrected chi connectivity index (χ1v) is 11.7. The number of fused-ring (bicyclic) bond motifs is 1. The highest BCUT2D eigenvalue weighted by molar-refractivity contribution is 5.86. The van der Waals surface area contributed by atoms with Crippen LogP contribution in [0.25, 0.3) is 22.0 Å². The van der Waals surface area contributed by atoms with Gasteiger partial charge in [-0.25, -0.2) is 4.98 Å². The highest BCUT2D eigenvalue weighted by Gasteiger charge is 2.18. The summed E-state index contributed by atoms with van der Waals surface area (Å²) in [6.45, 7) is 0. The van der Waals surface area contributed by atoms with E-state index in [2.05, 4.69) is 45.6 Å². The molecular weight excluding hydrogens is 424 g/mol. The number of imidazole rings is 1. The number of unbranched alkanes of at least 4 members (excludes halogenated alkanes) is 2. The van der Waals surface area contributed by atoms with Gasteiger partial charge < -0.3 is 16.0 Å². The molecule has 1 heterocycles. The number of amides is 2. The molecule has 0 saturated carbocycles. The summed E-state index contributed by atoms with van der Waals surface area (Å²) in [5, 5.41) is 5.50. The zero-order chi connectivity index (χ0) is 23.8. The second kappa shape index (κ2) is 11.3. The quantitative estimate of drug-likeness (QED) is 0.276. The van der Waals surface area contributed by atoms with Crippen LogP contribution in [0.2, 0.25) is 0 Å². The molecule has 4 aromatic rings. The predicted octanol–water partition coefficient (Wildman–Crippen LogP) is 5.07. The summed E-state index contributed by atoms with van der Waals surface area (Å²) in [5.74, 6) is 0.412. The molecule has 0 unspecified atom stereocenters. The number of hydrogen-bond acceptors (Lipinski definition) is 3. The van der Waals surface area contributed by atoms with Gasteiger partial charge in [-0.3, -0.25) is 9.59 Å². The molecule has 174 valence electrons. The van der Waals surface area contributed by atoms with Crippen molar-refractivity contribution in [2.45, 2.75) is 44.6 Å². The van der Waals surface area contributed by atoms with Crippen molar-refractivity contribution in [1.82, 2.24) is 15.3 Å². The number of aromatic nitrogens is 2. The van der Waals surface area contributed by atoms with E-state index in [1.54, 1.807) is 0 Å². The molecule has 0 bridgehead atoms. The molecule has 0 spiro atoms. The van der Waals surface area contributed by atoms with Crippen molar-refractivity contribution in [1.29, 1.82) is 0 Å². The summed E-state index contributed by atoms with van der Waals surface area (Å²) in [7, 11) is 0. The molecule has 1 aromatic heterocycles. The predicted molar refractivity (Wildman–Crippen MR) is 135 cm³/mol. The third-order valence-corrected chi connectivity index (χ3v) is 5.94. The number of rotatable bonds is 11. The molecular formula is C28H30N4O2. The molecule has 34 heavy (non-hydrogen) atoms. The first kappa shape index (κ1) is 23.2. The summed E-state index contributed by atoms with van der Waals surface area (Å²) in [6.07, 6.45) is 5.73. The van der Waals surface area contributed by atoms with E-state index in [9.17, 15) is 9.59 Å². The number of benzene rings is 3. The minimum absolute atomic E-state index is 0.0445. The Labute approximate surface area is 199 Å². The van der Waals surface area contributed by atoms with Crippen LogP contribution in [0.4, 0.5) is 0 Å². The molecule has 0 aliphatic heterocycles. The molecule has 6 nitrogen and oxygen atoms in total. The maximum atomic E-state index is 12.8. The van der Waals surface area contributed by atoms with E-state index in [0.717, 1.165) is 48.3 Å². The van der Waals surface area contributed by atoms with Crippen molar-refractivity contribution in [3.8, 4) is 11.3 Å². The third kappa shape index (κ3) is 6.32. The topological polar surface area (TPSA) is 101 Å². The van der Waals surface area contributed by atoms with Crippen molar-refractivity contribution < 1.29 is 9.59 Å². The van der Waals surface area contributed by atoms with Crippen LogP contribution in [0.15, 0.2) is 79.0 Å². The van der Waals surface area contributed by atoms with Crippen molar-refractivity contribution in [2.75, 3.05) is 0 Å². The van der Waals surface area contributed by atoms with Gasteiger partial charge in [0.25, 0.3) is 0 Å². The Morgan fingerprint density at radius 2 is 1.68 bits per heavy atom. The first-order chi connectivity index (χ1) is 16.6. The molecule has 0 saturated heterocycles. The van der Waals surface area contributed by atoms with Gasteiger partial charge >= 0.3 is 0 Å². The van der Waals surface area contributed by atoms with Gasteiger partial charge in [-0.15, -0.1) is 0 Å². The zero-order valence-electron chi connectivity index (χ0n) is 19.2. The van der Waals surface area contributed by atoms with Crippen LogP contribution in [-0.4, -0.2) is 21.8 Å². The summed E-state index contributed by atoms with van der Waals surface area (Å²) in [5.41, 5.74) is 8.18. The second-order valence-electron chi connectivity index (χ2n) is 8.59. The molecule has 4 rings (SSSR count). The molecule has 0 radical (unpaired) electrons. The van der Waals surface area contributed by atoms with E-state index in [0.29, 0.717) is 12.8 Å². The monoisotopic (exact) mass is 454 g/mol. The Kier molecular flexibility index (Phi) is 7.71. The molecule has 0 aliphatic carbocycles. The Morgan fingerprint density at radius 3 is 2.47 bits per heavy atom. The fraction of sp³-hybridized carbons (Fsp3) is 0.250. The van der Waals surface area contributed by atoms with Gasteiger partial charge in [0, 0.05) is 12.0 Å². The van der Waals surface area contributed by atoms with E-state index >= 15 is 0 Å². The normalized spacial score (nSPS) is 11.9. The Morgan fingerprint density at radius 1 is 0.912 bits per heavy atom. The third-order valence-electron chi connectivity index (χ3n) is 5.94. The van der Waals surface area contributed by atoms with Crippen LogP contribution in [0.5, 0.6) is 0 Å². The molecule has 2 amide bonds. The number of carbonyl (C=O) groups excluding carboxylic acids is 2. The van der Waals surface area contributed by atoms with Gasteiger partial charge in [0.15, 0.2) is 0 Å². The van der Waals surface area contributed by atoms with Gasteiger partial charge in [-0.05, 0) is 35.2 Å². The first-order valence-electron chi connectivity index (χ1n) is 11.7. The lowest BCUT2D eigenvalue weighted by atomic mass is 10.0.